The first-order valence-corrected chi connectivity index (χ1v) is 7.27. The SMILES string of the molecule is COc1nc(C(=O)C(F)=CN(C)C)c(OC(=O)NC(C)(C)C)cc1F. The molecule has 1 aromatic rings. The van der Waals surface area contributed by atoms with Crippen molar-refractivity contribution >= 4 is 11.9 Å². The molecule has 1 N–H and O–H groups in total. The zero-order valence-corrected chi connectivity index (χ0v) is 14.9. The molecule has 25 heavy (non-hydrogen) atoms. The molecule has 1 rings (SSSR count). The second-order valence-electron chi connectivity index (χ2n) is 6.36. The molecule has 0 unspecified atom stereocenters. The van der Waals surface area contributed by atoms with Crippen molar-refractivity contribution in [2.45, 2.75) is 26.3 Å². The van der Waals surface area contributed by atoms with E-state index in [4.69, 9.17) is 9.47 Å². The summed E-state index contributed by atoms with van der Waals surface area (Å²) < 4.78 is 37.5. The molecule has 0 aliphatic heterocycles. The highest BCUT2D eigenvalue weighted by molar-refractivity contribution is 6.07. The lowest BCUT2D eigenvalue weighted by molar-refractivity contribution is 0.0993. The number of nitrogens with zero attached hydrogens (tertiary/aromatic N) is 2. The Morgan fingerprint density at radius 3 is 2.40 bits per heavy atom. The van der Waals surface area contributed by atoms with Gasteiger partial charge in [-0.05, 0) is 20.8 Å². The van der Waals surface area contributed by atoms with E-state index in [1.165, 1.54) is 19.0 Å². The molecule has 0 bridgehead atoms. The number of aromatic nitrogens is 1. The number of hydrogen-bond donors (Lipinski definition) is 1. The molecular formula is C16H21F2N3O4. The van der Waals surface area contributed by atoms with E-state index in [-0.39, 0.29) is 0 Å². The minimum Gasteiger partial charge on any atom is -0.479 e. The van der Waals surface area contributed by atoms with Crippen LogP contribution in [0.3, 0.4) is 0 Å². The van der Waals surface area contributed by atoms with Gasteiger partial charge in [-0.15, -0.1) is 0 Å². The molecule has 0 aliphatic carbocycles. The van der Waals surface area contributed by atoms with Crippen LogP contribution in [0.15, 0.2) is 18.1 Å². The fraction of sp³-hybridized carbons (Fsp3) is 0.438. The van der Waals surface area contributed by atoms with Crippen LogP contribution < -0.4 is 14.8 Å². The second kappa shape index (κ2) is 7.91. The predicted octanol–water partition coefficient (Wildman–Crippen LogP) is 2.67. The number of carbonyl (C=O) groups is 2. The fourth-order valence-corrected chi connectivity index (χ4v) is 1.67. The molecule has 9 heteroatoms. The van der Waals surface area contributed by atoms with Crippen LogP contribution in [0.4, 0.5) is 13.6 Å². The van der Waals surface area contributed by atoms with Gasteiger partial charge in [0.2, 0.25) is 5.78 Å². The number of halogens is 2. The molecule has 1 heterocycles. The maximum absolute atomic E-state index is 14.0. The van der Waals surface area contributed by atoms with E-state index >= 15 is 0 Å². The fourth-order valence-electron chi connectivity index (χ4n) is 1.67. The van der Waals surface area contributed by atoms with Crippen LogP contribution in [0.1, 0.15) is 31.3 Å². The maximum atomic E-state index is 14.0. The number of pyridine rings is 1. The smallest absolute Gasteiger partial charge is 0.413 e. The number of methoxy groups -OCH3 is 1. The van der Waals surface area contributed by atoms with E-state index in [0.717, 1.165) is 19.4 Å². The number of hydrogen-bond acceptors (Lipinski definition) is 6. The zero-order chi connectivity index (χ0) is 19.4. The number of carbonyl (C=O) groups excluding carboxylic acids is 2. The Bertz CT molecular complexity index is 697. The van der Waals surface area contributed by atoms with Crippen LogP contribution >= 0.6 is 0 Å². The third-order valence-electron chi connectivity index (χ3n) is 2.59. The average Bonchev–Trinajstić information content (AvgIpc) is 2.44. The van der Waals surface area contributed by atoms with Gasteiger partial charge >= 0.3 is 6.09 Å². The summed E-state index contributed by atoms with van der Waals surface area (Å²) in [4.78, 5) is 29.0. The minimum atomic E-state index is -1.18. The Morgan fingerprint density at radius 1 is 1.32 bits per heavy atom. The summed E-state index contributed by atoms with van der Waals surface area (Å²) >= 11 is 0. The molecular weight excluding hydrogens is 336 g/mol. The third-order valence-corrected chi connectivity index (χ3v) is 2.59. The first-order valence-electron chi connectivity index (χ1n) is 7.27. The number of ketones is 1. The number of ether oxygens (including phenoxy) is 2. The molecule has 0 aliphatic rings. The van der Waals surface area contributed by atoms with Gasteiger partial charge in [-0.25, -0.2) is 18.6 Å². The summed E-state index contributed by atoms with van der Waals surface area (Å²) in [6.45, 7) is 5.10. The molecule has 0 aromatic carbocycles. The number of amides is 1. The van der Waals surface area contributed by atoms with Crippen molar-refractivity contribution < 1.29 is 27.8 Å². The lowest BCUT2D eigenvalue weighted by Crippen LogP contribution is -2.42. The topological polar surface area (TPSA) is 80.8 Å². The van der Waals surface area contributed by atoms with Gasteiger partial charge in [0.1, 0.15) is 0 Å². The normalized spacial score (nSPS) is 11.8. The standard InChI is InChI=1S/C16H21F2N3O4/c1-16(2,3)20-15(23)25-11-7-9(17)14(24-6)19-12(11)13(22)10(18)8-21(4)5/h7-8H,1-6H3,(H,20,23). The molecule has 0 spiro atoms. The van der Waals surface area contributed by atoms with E-state index in [2.05, 4.69) is 10.3 Å². The van der Waals surface area contributed by atoms with Gasteiger partial charge in [-0.3, -0.25) is 4.79 Å². The average molecular weight is 357 g/mol. The van der Waals surface area contributed by atoms with Crippen molar-refractivity contribution in [3.05, 3.63) is 29.6 Å². The van der Waals surface area contributed by atoms with Gasteiger partial charge in [0.05, 0.1) is 7.11 Å². The van der Waals surface area contributed by atoms with Crippen molar-refractivity contribution in [1.29, 1.82) is 0 Å². The van der Waals surface area contributed by atoms with E-state index in [1.807, 2.05) is 0 Å². The molecule has 0 saturated carbocycles. The Morgan fingerprint density at radius 2 is 1.92 bits per heavy atom. The summed E-state index contributed by atoms with van der Waals surface area (Å²) in [5.41, 5.74) is -1.21. The molecule has 138 valence electrons. The van der Waals surface area contributed by atoms with Crippen molar-refractivity contribution in [2.75, 3.05) is 21.2 Å². The lowest BCUT2D eigenvalue weighted by atomic mass is 10.1. The van der Waals surface area contributed by atoms with Gasteiger partial charge in [-0.2, -0.15) is 0 Å². The van der Waals surface area contributed by atoms with Crippen LogP contribution in [0.2, 0.25) is 0 Å². The van der Waals surface area contributed by atoms with Crippen LogP contribution in [0.5, 0.6) is 11.6 Å². The number of nitrogens with one attached hydrogen (secondary N) is 1. The monoisotopic (exact) mass is 357 g/mol. The van der Waals surface area contributed by atoms with Crippen molar-refractivity contribution in [1.82, 2.24) is 15.2 Å². The molecule has 7 nitrogen and oxygen atoms in total. The Kier molecular flexibility index (Phi) is 6.43. The largest absolute Gasteiger partial charge is 0.479 e. The summed E-state index contributed by atoms with van der Waals surface area (Å²) in [7, 11) is 4.16. The predicted molar refractivity (Wildman–Crippen MR) is 86.9 cm³/mol. The first-order chi connectivity index (χ1) is 11.4. The summed E-state index contributed by atoms with van der Waals surface area (Å²) in [6.07, 6.45) is -0.0244. The zero-order valence-electron chi connectivity index (χ0n) is 14.9. The highest BCUT2D eigenvalue weighted by Gasteiger charge is 2.25. The van der Waals surface area contributed by atoms with E-state index in [1.54, 1.807) is 20.8 Å². The van der Waals surface area contributed by atoms with Crippen molar-refractivity contribution in [2.24, 2.45) is 0 Å². The van der Waals surface area contributed by atoms with Gasteiger partial charge in [0.25, 0.3) is 5.88 Å². The number of allylic oxidation sites excluding steroid dienone is 1. The van der Waals surface area contributed by atoms with Crippen LogP contribution in [-0.2, 0) is 0 Å². The Hall–Kier alpha value is -2.71. The van der Waals surface area contributed by atoms with Crippen LogP contribution in [0.25, 0.3) is 0 Å². The Balaban J connectivity index is 3.30. The first kappa shape index (κ1) is 20.3. The second-order valence-corrected chi connectivity index (χ2v) is 6.36. The summed E-state index contributed by atoms with van der Waals surface area (Å²) in [5, 5.41) is 2.47. The molecule has 0 atom stereocenters. The maximum Gasteiger partial charge on any atom is 0.413 e. The van der Waals surface area contributed by atoms with E-state index in [0.29, 0.717) is 0 Å². The molecule has 1 amide bonds. The summed E-state index contributed by atoms with van der Waals surface area (Å²) in [5.74, 6) is -4.34. The molecule has 1 aromatic heterocycles. The minimum absolute atomic E-state index is 0.521. The highest BCUT2D eigenvalue weighted by Crippen LogP contribution is 2.27. The number of rotatable bonds is 5. The van der Waals surface area contributed by atoms with Gasteiger partial charge in [0, 0.05) is 31.9 Å². The van der Waals surface area contributed by atoms with Gasteiger partial charge in [-0.1, -0.05) is 0 Å². The van der Waals surface area contributed by atoms with Gasteiger partial charge in [0.15, 0.2) is 23.1 Å². The molecule has 0 saturated heterocycles. The van der Waals surface area contributed by atoms with E-state index in [9.17, 15) is 18.4 Å². The quantitative estimate of drug-likeness (QED) is 0.645. The summed E-state index contributed by atoms with van der Waals surface area (Å²) in [6, 6.07) is 0.740. The van der Waals surface area contributed by atoms with Crippen molar-refractivity contribution in [3.63, 3.8) is 0 Å². The van der Waals surface area contributed by atoms with Crippen LogP contribution in [-0.4, -0.2) is 48.5 Å². The number of Topliss-reactive ketones (excluding diaryl/α,β-unsaturated/α-hetero) is 1. The molecule has 0 fully saturated rings. The van der Waals surface area contributed by atoms with E-state index < -0.39 is 46.4 Å². The molecule has 0 radical (unpaired) electrons. The van der Waals surface area contributed by atoms with Crippen molar-refractivity contribution in [3.8, 4) is 11.6 Å². The van der Waals surface area contributed by atoms with Crippen LogP contribution in [0, 0.1) is 5.82 Å². The lowest BCUT2D eigenvalue weighted by Gasteiger charge is -2.20. The van der Waals surface area contributed by atoms with Gasteiger partial charge < -0.3 is 19.7 Å². The highest BCUT2D eigenvalue weighted by atomic mass is 19.1. The Labute approximate surface area is 144 Å². The third kappa shape index (κ3) is 6.02.